The minimum absolute atomic E-state index is 0.263. The molecule has 0 bridgehead atoms. The number of carbonyl (C=O) groups excluding carboxylic acids is 2. The number of esters is 1. The summed E-state index contributed by atoms with van der Waals surface area (Å²) in [6.45, 7) is 3.70. The van der Waals surface area contributed by atoms with Crippen LogP contribution in [0.25, 0.3) is 11.0 Å². The highest BCUT2D eigenvalue weighted by atomic mass is 16.5. The van der Waals surface area contributed by atoms with E-state index in [1.54, 1.807) is 18.2 Å². The van der Waals surface area contributed by atoms with E-state index in [4.69, 9.17) is 9.15 Å². The van der Waals surface area contributed by atoms with Crippen LogP contribution in [0.1, 0.15) is 32.0 Å². The fourth-order valence-electron chi connectivity index (χ4n) is 2.57. The molecule has 24 heavy (non-hydrogen) atoms. The van der Waals surface area contributed by atoms with Gasteiger partial charge in [0.2, 0.25) is 0 Å². The largest absolute Gasteiger partial charge is 0.465 e. The van der Waals surface area contributed by atoms with Crippen molar-refractivity contribution in [3.8, 4) is 0 Å². The third-order valence-corrected chi connectivity index (χ3v) is 3.96. The van der Waals surface area contributed by atoms with Crippen LogP contribution in [-0.4, -0.2) is 19.0 Å². The van der Waals surface area contributed by atoms with Gasteiger partial charge in [-0.2, -0.15) is 0 Å². The molecule has 1 N–H and O–H groups in total. The molecule has 1 amide bonds. The smallest absolute Gasteiger partial charge is 0.337 e. The molecule has 1 aromatic heterocycles. The second kappa shape index (κ2) is 6.20. The van der Waals surface area contributed by atoms with E-state index in [2.05, 4.69) is 5.32 Å². The molecule has 0 aliphatic rings. The highest BCUT2D eigenvalue weighted by Crippen LogP contribution is 2.26. The van der Waals surface area contributed by atoms with Crippen molar-refractivity contribution in [2.45, 2.75) is 13.8 Å². The number of nitrogens with one attached hydrogen (secondary N) is 1. The molecule has 3 aromatic rings. The van der Waals surface area contributed by atoms with E-state index in [1.165, 1.54) is 7.11 Å². The molecule has 0 unspecified atom stereocenters. The van der Waals surface area contributed by atoms with Crippen LogP contribution in [0.15, 0.2) is 46.9 Å². The van der Waals surface area contributed by atoms with Crippen LogP contribution in [0.4, 0.5) is 5.69 Å². The van der Waals surface area contributed by atoms with E-state index in [0.29, 0.717) is 16.8 Å². The predicted molar refractivity (Wildman–Crippen MR) is 91.4 cm³/mol. The molecule has 2 aromatic carbocycles. The van der Waals surface area contributed by atoms with Crippen molar-refractivity contribution in [1.82, 2.24) is 0 Å². The summed E-state index contributed by atoms with van der Waals surface area (Å²) in [4.78, 5) is 24.2. The molecule has 0 atom stereocenters. The van der Waals surface area contributed by atoms with Gasteiger partial charge in [0.25, 0.3) is 5.91 Å². The van der Waals surface area contributed by atoms with Gasteiger partial charge in [-0.3, -0.25) is 4.79 Å². The summed E-state index contributed by atoms with van der Waals surface area (Å²) in [6, 6.07) is 12.5. The zero-order valence-electron chi connectivity index (χ0n) is 13.7. The summed E-state index contributed by atoms with van der Waals surface area (Å²) in [5.74, 6) is -0.543. The van der Waals surface area contributed by atoms with Crippen molar-refractivity contribution < 1.29 is 18.7 Å². The van der Waals surface area contributed by atoms with Gasteiger partial charge < -0.3 is 14.5 Å². The first-order chi connectivity index (χ1) is 11.5. The Labute approximate surface area is 139 Å². The number of para-hydroxylation sites is 1. The highest BCUT2D eigenvalue weighted by molar-refractivity contribution is 6.07. The number of hydrogen-bond acceptors (Lipinski definition) is 4. The molecule has 0 aliphatic heterocycles. The maximum Gasteiger partial charge on any atom is 0.337 e. The number of amides is 1. The third kappa shape index (κ3) is 2.76. The quantitative estimate of drug-likeness (QED) is 0.737. The van der Waals surface area contributed by atoms with Crippen LogP contribution >= 0.6 is 0 Å². The van der Waals surface area contributed by atoms with Crippen LogP contribution in [-0.2, 0) is 4.74 Å². The molecule has 0 spiro atoms. The number of methoxy groups -OCH3 is 1. The van der Waals surface area contributed by atoms with Gasteiger partial charge in [-0.15, -0.1) is 0 Å². The fraction of sp³-hybridized carbons (Fsp3) is 0.158. The van der Waals surface area contributed by atoms with E-state index in [0.717, 1.165) is 16.5 Å². The molecule has 0 fully saturated rings. The van der Waals surface area contributed by atoms with Crippen molar-refractivity contribution >= 4 is 28.5 Å². The lowest BCUT2D eigenvalue weighted by Crippen LogP contribution is -2.14. The monoisotopic (exact) mass is 323 g/mol. The van der Waals surface area contributed by atoms with Gasteiger partial charge in [0, 0.05) is 16.6 Å². The van der Waals surface area contributed by atoms with Gasteiger partial charge in [-0.25, -0.2) is 4.79 Å². The minimum Gasteiger partial charge on any atom is -0.465 e. The normalized spacial score (nSPS) is 10.6. The number of hydrogen-bond donors (Lipinski definition) is 1. The zero-order valence-corrected chi connectivity index (χ0v) is 13.7. The van der Waals surface area contributed by atoms with Gasteiger partial charge in [0.1, 0.15) is 5.58 Å². The molecule has 0 aliphatic carbocycles. The summed E-state index contributed by atoms with van der Waals surface area (Å²) in [7, 11) is 1.32. The van der Waals surface area contributed by atoms with Gasteiger partial charge in [-0.1, -0.05) is 24.3 Å². The molecule has 1 heterocycles. The molecule has 0 radical (unpaired) electrons. The van der Waals surface area contributed by atoms with Gasteiger partial charge >= 0.3 is 5.97 Å². The van der Waals surface area contributed by atoms with Crippen LogP contribution in [0, 0.1) is 13.8 Å². The second-order valence-corrected chi connectivity index (χ2v) is 5.53. The van der Waals surface area contributed by atoms with Gasteiger partial charge in [0.15, 0.2) is 5.76 Å². The maximum absolute atomic E-state index is 12.6. The number of rotatable bonds is 3. The average molecular weight is 323 g/mol. The van der Waals surface area contributed by atoms with E-state index < -0.39 is 5.97 Å². The standard InChI is InChI=1S/C19H17NO4/c1-11-8-9-13(19(22)23-3)10-15(11)20-18(21)17-12(2)14-6-4-5-7-16(14)24-17/h4-10H,1-3H3,(H,20,21). The number of benzene rings is 2. The summed E-state index contributed by atoms with van der Waals surface area (Å²) in [5.41, 5.74) is 3.21. The molecule has 5 nitrogen and oxygen atoms in total. The number of fused-ring (bicyclic) bond motifs is 1. The Kier molecular flexibility index (Phi) is 4.08. The predicted octanol–water partition coefficient (Wildman–Crippen LogP) is 4.09. The topological polar surface area (TPSA) is 68.5 Å². The first-order valence-electron chi connectivity index (χ1n) is 7.49. The van der Waals surface area contributed by atoms with Crippen LogP contribution in [0.5, 0.6) is 0 Å². The third-order valence-electron chi connectivity index (χ3n) is 3.96. The zero-order chi connectivity index (χ0) is 17.3. The van der Waals surface area contributed by atoms with Crippen molar-refractivity contribution in [2.24, 2.45) is 0 Å². The van der Waals surface area contributed by atoms with Crippen molar-refractivity contribution in [3.63, 3.8) is 0 Å². The van der Waals surface area contributed by atoms with E-state index in [1.807, 2.05) is 38.1 Å². The summed E-state index contributed by atoms with van der Waals surface area (Å²) in [6.07, 6.45) is 0. The number of aryl methyl sites for hydroxylation is 2. The maximum atomic E-state index is 12.6. The number of anilines is 1. The van der Waals surface area contributed by atoms with Crippen LogP contribution in [0.3, 0.4) is 0 Å². The lowest BCUT2D eigenvalue weighted by atomic mass is 10.1. The molecule has 0 saturated carbocycles. The lowest BCUT2D eigenvalue weighted by Gasteiger charge is -2.09. The van der Waals surface area contributed by atoms with Crippen molar-refractivity contribution in [1.29, 1.82) is 0 Å². The Hall–Kier alpha value is -3.08. The Balaban J connectivity index is 1.94. The average Bonchev–Trinajstić information content (AvgIpc) is 2.93. The second-order valence-electron chi connectivity index (χ2n) is 5.53. The first kappa shape index (κ1) is 15.8. The summed E-state index contributed by atoms with van der Waals surface area (Å²) in [5, 5.41) is 3.71. The Morgan fingerprint density at radius 1 is 1.08 bits per heavy atom. The molecule has 0 saturated heterocycles. The molecule has 5 heteroatoms. The van der Waals surface area contributed by atoms with Crippen LogP contribution in [0.2, 0.25) is 0 Å². The number of carbonyl (C=O) groups is 2. The minimum atomic E-state index is -0.453. The SMILES string of the molecule is COC(=O)c1ccc(C)c(NC(=O)c2oc3ccccc3c2C)c1. The van der Waals surface area contributed by atoms with E-state index >= 15 is 0 Å². The molecular weight excluding hydrogens is 306 g/mol. The Morgan fingerprint density at radius 3 is 2.54 bits per heavy atom. The summed E-state index contributed by atoms with van der Waals surface area (Å²) < 4.78 is 10.4. The van der Waals surface area contributed by atoms with Crippen molar-refractivity contribution in [2.75, 3.05) is 12.4 Å². The van der Waals surface area contributed by atoms with E-state index in [-0.39, 0.29) is 11.7 Å². The van der Waals surface area contributed by atoms with Crippen molar-refractivity contribution in [3.05, 3.63) is 64.9 Å². The first-order valence-corrected chi connectivity index (χ1v) is 7.49. The molecular formula is C19H17NO4. The number of furan rings is 1. The van der Waals surface area contributed by atoms with E-state index in [9.17, 15) is 9.59 Å². The fourth-order valence-corrected chi connectivity index (χ4v) is 2.57. The Morgan fingerprint density at radius 2 is 1.83 bits per heavy atom. The Bertz CT molecular complexity index is 940. The molecule has 3 rings (SSSR count). The molecule has 122 valence electrons. The van der Waals surface area contributed by atoms with Gasteiger partial charge in [0.05, 0.1) is 12.7 Å². The van der Waals surface area contributed by atoms with Crippen LogP contribution < -0.4 is 5.32 Å². The highest BCUT2D eigenvalue weighted by Gasteiger charge is 2.18. The summed E-state index contributed by atoms with van der Waals surface area (Å²) >= 11 is 0. The lowest BCUT2D eigenvalue weighted by molar-refractivity contribution is 0.0600. The number of ether oxygens (including phenoxy) is 1. The van der Waals surface area contributed by atoms with Gasteiger partial charge in [-0.05, 0) is 37.6 Å².